The smallest absolute Gasteiger partial charge is 0.409 e. The molecule has 1 aromatic heterocycles. The fourth-order valence-electron chi connectivity index (χ4n) is 4.75. The van der Waals surface area contributed by atoms with Crippen LogP contribution in [0, 0.1) is 5.92 Å². The number of carbonyl (C=O) groups excluding carboxylic acids is 3. The van der Waals surface area contributed by atoms with Gasteiger partial charge in [0.15, 0.2) is 0 Å². The summed E-state index contributed by atoms with van der Waals surface area (Å²) in [5.41, 5.74) is 1.40. The molecule has 3 heterocycles. The van der Waals surface area contributed by atoms with Crippen LogP contribution in [0.15, 0.2) is 41.8 Å². The minimum absolute atomic E-state index is 0.00520. The molecule has 0 unspecified atom stereocenters. The van der Waals surface area contributed by atoms with Crippen molar-refractivity contribution in [3.05, 3.63) is 57.8 Å². The lowest BCUT2D eigenvalue weighted by atomic mass is 9.80. The number of rotatable bonds is 5. The van der Waals surface area contributed by atoms with E-state index >= 15 is 0 Å². The van der Waals surface area contributed by atoms with Gasteiger partial charge in [0.05, 0.1) is 18.6 Å². The van der Waals surface area contributed by atoms with Crippen molar-refractivity contribution in [1.29, 1.82) is 0 Å². The Kier molecular flexibility index (Phi) is 7.02. The Labute approximate surface area is 198 Å². The first-order valence-corrected chi connectivity index (χ1v) is 12.4. The third kappa shape index (κ3) is 4.62. The normalized spacial score (nSPS) is 20.7. The van der Waals surface area contributed by atoms with E-state index in [9.17, 15) is 14.4 Å². The summed E-state index contributed by atoms with van der Waals surface area (Å²) in [5, 5.41) is 1.99. The second-order valence-corrected chi connectivity index (χ2v) is 9.87. The van der Waals surface area contributed by atoms with Gasteiger partial charge in [0, 0.05) is 43.2 Å². The molecular formula is C25H31N3O4S. The van der Waals surface area contributed by atoms with Gasteiger partial charge < -0.3 is 19.4 Å². The topological polar surface area (TPSA) is 70.2 Å². The maximum absolute atomic E-state index is 14.0. The summed E-state index contributed by atoms with van der Waals surface area (Å²) in [4.78, 5) is 46.0. The van der Waals surface area contributed by atoms with Crippen molar-refractivity contribution in [2.45, 2.75) is 32.7 Å². The maximum atomic E-state index is 14.0. The van der Waals surface area contributed by atoms with Gasteiger partial charge in [-0.2, -0.15) is 0 Å². The summed E-state index contributed by atoms with van der Waals surface area (Å²) in [7, 11) is 0. The number of benzene rings is 1. The number of ether oxygens (including phenoxy) is 1. The molecular weight excluding hydrogens is 438 g/mol. The minimum Gasteiger partial charge on any atom is -0.450 e. The van der Waals surface area contributed by atoms with Gasteiger partial charge in [-0.15, -0.1) is 11.3 Å². The van der Waals surface area contributed by atoms with Crippen LogP contribution in [0.2, 0.25) is 0 Å². The van der Waals surface area contributed by atoms with E-state index < -0.39 is 5.92 Å². The average Bonchev–Trinajstić information content (AvgIpc) is 3.35. The first-order valence-electron chi connectivity index (χ1n) is 11.6. The molecule has 8 heteroatoms. The third-order valence-corrected chi connectivity index (χ3v) is 7.16. The van der Waals surface area contributed by atoms with E-state index in [1.807, 2.05) is 51.6 Å². The fourth-order valence-corrected chi connectivity index (χ4v) is 5.62. The molecule has 4 rings (SSSR count). The second kappa shape index (κ2) is 9.95. The summed E-state index contributed by atoms with van der Waals surface area (Å²) >= 11 is 1.58. The average molecular weight is 470 g/mol. The molecule has 0 spiro atoms. The van der Waals surface area contributed by atoms with Gasteiger partial charge in [-0.1, -0.05) is 38.1 Å². The van der Waals surface area contributed by atoms with Gasteiger partial charge in [0.1, 0.15) is 0 Å². The van der Waals surface area contributed by atoms with Crippen molar-refractivity contribution in [2.24, 2.45) is 5.92 Å². The largest absolute Gasteiger partial charge is 0.450 e. The first-order chi connectivity index (χ1) is 15.9. The number of nitrogens with zero attached hydrogens (tertiary/aromatic N) is 3. The Hall–Kier alpha value is -2.87. The van der Waals surface area contributed by atoms with Gasteiger partial charge in [0.2, 0.25) is 5.91 Å². The lowest BCUT2D eigenvalue weighted by Gasteiger charge is -2.44. The fraction of sp³-hybridized carbons (Fsp3) is 0.480. The second-order valence-electron chi connectivity index (χ2n) is 8.89. The van der Waals surface area contributed by atoms with E-state index in [0.717, 1.165) is 10.4 Å². The van der Waals surface area contributed by atoms with Crippen molar-refractivity contribution >= 4 is 29.2 Å². The molecule has 7 nitrogen and oxygen atoms in total. The number of fused-ring (bicyclic) bond motifs is 1. The quantitative estimate of drug-likeness (QED) is 0.664. The Morgan fingerprint density at radius 2 is 1.76 bits per heavy atom. The highest BCUT2D eigenvalue weighted by molar-refractivity contribution is 7.10. The van der Waals surface area contributed by atoms with Crippen LogP contribution in [0.5, 0.6) is 0 Å². The number of piperazine rings is 1. The van der Waals surface area contributed by atoms with Crippen LogP contribution in [0.1, 0.15) is 53.5 Å². The van der Waals surface area contributed by atoms with E-state index in [1.165, 1.54) is 0 Å². The molecule has 0 N–H and O–H groups in total. The van der Waals surface area contributed by atoms with Crippen molar-refractivity contribution in [3.63, 3.8) is 0 Å². The van der Waals surface area contributed by atoms with Crippen molar-refractivity contribution < 1.29 is 19.1 Å². The van der Waals surface area contributed by atoms with Gasteiger partial charge in [-0.3, -0.25) is 9.59 Å². The molecule has 2 aliphatic rings. The highest BCUT2D eigenvalue weighted by Crippen LogP contribution is 2.45. The van der Waals surface area contributed by atoms with Gasteiger partial charge >= 0.3 is 6.09 Å². The van der Waals surface area contributed by atoms with Crippen LogP contribution in [-0.4, -0.2) is 71.9 Å². The van der Waals surface area contributed by atoms with Crippen LogP contribution in [0.4, 0.5) is 4.79 Å². The first kappa shape index (κ1) is 23.3. The van der Waals surface area contributed by atoms with E-state index in [4.69, 9.17) is 4.74 Å². The molecule has 0 bridgehead atoms. The maximum Gasteiger partial charge on any atom is 0.409 e. The van der Waals surface area contributed by atoms with Crippen LogP contribution in [-0.2, 0) is 9.53 Å². The highest BCUT2D eigenvalue weighted by Gasteiger charge is 2.46. The van der Waals surface area contributed by atoms with E-state index in [1.54, 1.807) is 23.2 Å². The summed E-state index contributed by atoms with van der Waals surface area (Å²) in [6.45, 7) is 8.66. The third-order valence-electron chi connectivity index (χ3n) is 6.22. The summed E-state index contributed by atoms with van der Waals surface area (Å²) in [6.07, 6.45) is -0.335. The predicted octanol–water partition coefficient (Wildman–Crippen LogP) is 3.99. The van der Waals surface area contributed by atoms with Crippen molar-refractivity contribution in [1.82, 2.24) is 14.7 Å². The molecule has 2 aliphatic heterocycles. The molecule has 2 atom stereocenters. The summed E-state index contributed by atoms with van der Waals surface area (Å²) in [6, 6.07) is 11.1. The van der Waals surface area contributed by atoms with Crippen molar-refractivity contribution in [3.8, 4) is 0 Å². The SMILES string of the molecule is CCOC(=O)N1CCN(C(=O)[C@@H]2c3ccccc3C(=O)N(CC(C)C)[C@H]2c2cccs2)CC1. The van der Waals surface area contributed by atoms with Crippen LogP contribution >= 0.6 is 11.3 Å². The number of amides is 3. The zero-order chi connectivity index (χ0) is 23.5. The summed E-state index contributed by atoms with van der Waals surface area (Å²) in [5.74, 6) is -0.226. The Bertz CT molecular complexity index is 999. The predicted molar refractivity (Wildman–Crippen MR) is 127 cm³/mol. The lowest BCUT2D eigenvalue weighted by Crippen LogP contribution is -2.54. The van der Waals surface area contributed by atoms with E-state index in [2.05, 4.69) is 13.8 Å². The van der Waals surface area contributed by atoms with E-state index in [-0.39, 0.29) is 29.9 Å². The number of hydrogen-bond acceptors (Lipinski definition) is 5. The molecule has 0 radical (unpaired) electrons. The van der Waals surface area contributed by atoms with Crippen LogP contribution < -0.4 is 0 Å². The van der Waals surface area contributed by atoms with Crippen molar-refractivity contribution in [2.75, 3.05) is 39.3 Å². The van der Waals surface area contributed by atoms with Crippen LogP contribution in [0.25, 0.3) is 0 Å². The summed E-state index contributed by atoms with van der Waals surface area (Å²) < 4.78 is 5.11. The van der Waals surface area contributed by atoms with Gasteiger partial charge in [0.25, 0.3) is 5.91 Å². The Morgan fingerprint density at radius 1 is 1.06 bits per heavy atom. The molecule has 1 fully saturated rings. The zero-order valence-electron chi connectivity index (χ0n) is 19.4. The Morgan fingerprint density at radius 3 is 2.39 bits per heavy atom. The standard InChI is InChI=1S/C25H31N3O4S/c1-4-32-25(31)27-13-11-26(12-14-27)24(30)21-18-8-5-6-9-19(18)23(29)28(16-17(2)3)22(21)20-10-7-15-33-20/h5-10,15,17,21-22H,4,11-14,16H2,1-3H3/t21-,22+/m1/s1. The molecule has 176 valence electrons. The van der Waals surface area contributed by atoms with E-state index in [0.29, 0.717) is 44.9 Å². The van der Waals surface area contributed by atoms with Gasteiger partial charge in [-0.25, -0.2) is 4.79 Å². The number of thiophene rings is 1. The van der Waals surface area contributed by atoms with Gasteiger partial charge in [-0.05, 0) is 35.9 Å². The highest BCUT2D eigenvalue weighted by atomic mass is 32.1. The molecule has 1 saturated heterocycles. The van der Waals surface area contributed by atoms with Crippen LogP contribution in [0.3, 0.4) is 0 Å². The number of carbonyl (C=O) groups is 3. The Balaban J connectivity index is 1.68. The number of hydrogen-bond donors (Lipinski definition) is 0. The molecule has 3 amide bonds. The molecule has 0 saturated carbocycles. The zero-order valence-corrected chi connectivity index (χ0v) is 20.2. The monoisotopic (exact) mass is 469 g/mol. The minimum atomic E-state index is -0.481. The molecule has 33 heavy (non-hydrogen) atoms. The lowest BCUT2D eigenvalue weighted by molar-refractivity contribution is -0.136. The molecule has 1 aromatic carbocycles. The molecule has 0 aliphatic carbocycles. The molecule has 2 aromatic rings.